The van der Waals surface area contributed by atoms with Gasteiger partial charge in [0.25, 0.3) is 5.91 Å². The van der Waals surface area contributed by atoms with Crippen molar-refractivity contribution in [3.05, 3.63) is 95.1 Å². The van der Waals surface area contributed by atoms with Crippen molar-refractivity contribution < 1.29 is 22.8 Å². The van der Waals surface area contributed by atoms with Crippen LogP contribution >= 0.6 is 0 Å². The van der Waals surface area contributed by atoms with Gasteiger partial charge in [0.15, 0.2) is 0 Å². The number of piperidine rings is 2. The van der Waals surface area contributed by atoms with Crippen LogP contribution in [0.25, 0.3) is 22.2 Å². The first-order chi connectivity index (χ1) is 26.5. The Kier molecular flexibility index (Phi) is 10.4. The summed E-state index contributed by atoms with van der Waals surface area (Å²) >= 11 is 0. The van der Waals surface area contributed by atoms with Crippen LogP contribution in [0.15, 0.2) is 72.8 Å². The summed E-state index contributed by atoms with van der Waals surface area (Å²) in [4.78, 5) is 42.3. The highest BCUT2D eigenvalue weighted by atomic mass is 19.4. The van der Waals surface area contributed by atoms with Gasteiger partial charge in [-0.25, -0.2) is 9.78 Å². The fraction of sp³-hybridized carbons (Fsp3) is 0.477. The second-order valence-corrected chi connectivity index (χ2v) is 16.4. The van der Waals surface area contributed by atoms with Gasteiger partial charge in [-0.3, -0.25) is 14.6 Å². The van der Waals surface area contributed by atoms with Crippen molar-refractivity contribution in [1.82, 2.24) is 25.0 Å². The van der Waals surface area contributed by atoms with Crippen LogP contribution in [0.4, 0.5) is 23.7 Å². The number of carbonyl (C=O) groups excluding carboxylic acids is 2. The lowest BCUT2D eigenvalue weighted by molar-refractivity contribution is -0.137. The first kappa shape index (κ1) is 37.4. The van der Waals surface area contributed by atoms with Gasteiger partial charge >= 0.3 is 12.2 Å². The van der Waals surface area contributed by atoms with Crippen molar-refractivity contribution in [2.24, 2.45) is 5.92 Å². The second-order valence-electron chi connectivity index (χ2n) is 16.4. The number of hydrogen-bond acceptors (Lipinski definition) is 5. The Labute approximate surface area is 321 Å². The molecule has 3 saturated heterocycles. The van der Waals surface area contributed by atoms with Crippen molar-refractivity contribution in [3.63, 3.8) is 0 Å². The van der Waals surface area contributed by atoms with Gasteiger partial charge in [0, 0.05) is 54.4 Å². The quantitative estimate of drug-likeness (QED) is 0.176. The summed E-state index contributed by atoms with van der Waals surface area (Å²) < 4.78 is 42.5. The maximum atomic E-state index is 15.1. The van der Waals surface area contributed by atoms with Crippen molar-refractivity contribution in [1.29, 1.82) is 0 Å². The molecule has 3 aliphatic heterocycles. The van der Waals surface area contributed by atoms with Crippen LogP contribution in [-0.2, 0) is 18.3 Å². The molecule has 0 spiro atoms. The minimum Gasteiger partial charge on any atom is -0.342 e. The van der Waals surface area contributed by atoms with Crippen molar-refractivity contribution in [3.8, 4) is 11.3 Å². The zero-order valence-corrected chi connectivity index (χ0v) is 31.9. The molecule has 3 aromatic carbocycles. The van der Waals surface area contributed by atoms with Gasteiger partial charge in [-0.05, 0) is 107 Å². The van der Waals surface area contributed by atoms with Gasteiger partial charge in [-0.15, -0.1) is 0 Å². The minimum atomic E-state index is -4.54. The van der Waals surface area contributed by atoms with Gasteiger partial charge < -0.3 is 15.1 Å². The smallest absolute Gasteiger partial charge is 0.342 e. The highest BCUT2D eigenvalue weighted by molar-refractivity contribution is 6.10. The number of nitrogens with zero attached hydrogens (tertiary/aromatic N) is 5. The molecule has 11 heteroatoms. The summed E-state index contributed by atoms with van der Waals surface area (Å²) in [6.07, 6.45) is 2.75. The number of rotatable bonds is 10. The third kappa shape index (κ3) is 7.83. The van der Waals surface area contributed by atoms with Crippen LogP contribution in [0, 0.1) is 5.92 Å². The van der Waals surface area contributed by atoms with Gasteiger partial charge in [0.1, 0.15) is 0 Å². The molecule has 3 amide bonds. The Morgan fingerprint density at radius 2 is 1.64 bits per heavy atom. The molecule has 8 nitrogen and oxygen atoms in total. The van der Waals surface area contributed by atoms with E-state index in [1.165, 1.54) is 25.3 Å². The van der Waals surface area contributed by atoms with E-state index >= 15 is 4.79 Å². The summed E-state index contributed by atoms with van der Waals surface area (Å²) in [6.45, 7) is 10.2. The van der Waals surface area contributed by atoms with Crippen LogP contribution in [0.3, 0.4) is 0 Å². The highest BCUT2D eigenvalue weighted by Crippen LogP contribution is 2.46. The lowest BCUT2D eigenvalue weighted by Crippen LogP contribution is -2.46. The monoisotopic (exact) mass is 752 g/mol. The van der Waals surface area contributed by atoms with E-state index in [1.54, 1.807) is 17.0 Å². The van der Waals surface area contributed by atoms with Crippen LogP contribution in [0.2, 0.25) is 0 Å². The Hall–Kier alpha value is -4.48. The number of carbonyl (C=O) groups is 2. The second kappa shape index (κ2) is 15.2. The maximum absolute atomic E-state index is 15.1. The van der Waals surface area contributed by atoms with Crippen LogP contribution in [0.1, 0.15) is 85.8 Å². The van der Waals surface area contributed by atoms with Crippen molar-refractivity contribution in [2.45, 2.75) is 83.1 Å². The molecular weight excluding hydrogens is 702 g/mol. The molecule has 4 aliphatic rings. The predicted octanol–water partition coefficient (Wildman–Crippen LogP) is 8.69. The van der Waals surface area contributed by atoms with E-state index < -0.39 is 17.3 Å². The minimum absolute atomic E-state index is 0.0783. The average molecular weight is 753 g/mol. The fourth-order valence-corrected chi connectivity index (χ4v) is 8.98. The molecule has 0 radical (unpaired) electrons. The fourth-order valence-electron chi connectivity index (χ4n) is 8.98. The predicted molar refractivity (Wildman–Crippen MR) is 210 cm³/mol. The summed E-state index contributed by atoms with van der Waals surface area (Å²) in [5, 5.41) is 3.99. The van der Waals surface area contributed by atoms with Gasteiger partial charge in [-0.2, -0.15) is 13.2 Å². The Morgan fingerprint density at radius 3 is 2.33 bits per heavy atom. The molecule has 4 aromatic rings. The lowest BCUT2D eigenvalue weighted by atomic mass is 9.92. The molecule has 4 fully saturated rings. The average Bonchev–Trinajstić information content (AvgIpc) is 3.89. The van der Waals surface area contributed by atoms with Crippen molar-refractivity contribution in [2.75, 3.05) is 50.7 Å². The highest BCUT2D eigenvalue weighted by Gasteiger charge is 2.46. The number of fused-ring (bicyclic) bond motifs is 1. The van der Waals surface area contributed by atoms with E-state index in [0.29, 0.717) is 77.1 Å². The molecule has 1 saturated carbocycles. The molecule has 290 valence electrons. The largest absolute Gasteiger partial charge is 0.416 e. The number of alkyl halides is 3. The van der Waals surface area contributed by atoms with Crippen molar-refractivity contribution >= 4 is 28.5 Å². The van der Waals surface area contributed by atoms with Crippen LogP contribution < -0.4 is 10.2 Å². The van der Waals surface area contributed by atoms with E-state index in [0.717, 1.165) is 69.6 Å². The lowest BCUT2D eigenvalue weighted by Gasteiger charge is -2.40. The topological polar surface area (TPSA) is 72.0 Å². The normalized spacial score (nSPS) is 19.8. The van der Waals surface area contributed by atoms with Gasteiger partial charge in [0.05, 0.1) is 27.9 Å². The SMILES string of the molecule is CC(C)CN1CCN(c2ccc3nc(-c4cccc(C(F)(F)F)c4)c(CN4CCC(N5CCCCC5)CC4)c(C(=O)NC4(c5ccccc5)CC4)c3c2)C1=O. The summed E-state index contributed by atoms with van der Waals surface area (Å²) in [5.41, 5.74) is 2.59. The Morgan fingerprint density at radius 1 is 0.891 bits per heavy atom. The Bertz CT molecular complexity index is 2030. The maximum Gasteiger partial charge on any atom is 0.416 e. The van der Waals surface area contributed by atoms with E-state index in [4.69, 9.17) is 4.98 Å². The summed E-state index contributed by atoms with van der Waals surface area (Å²) in [6, 6.07) is 21.2. The third-order valence-electron chi connectivity index (χ3n) is 12.0. The number of amides is 3. The van der Waals surface area contributed by atoms with E-state index in [1.807, 2.05) is 47.4 Å². The number of hydrogen-bond donors (Lipinski definition) is 1. The molecule has 4 heterocycles. The molecule has 0 bridgehead atoms. The summed E-state index contributed by atoms with van der Waals surface area (Å²) in [5.74, 6) is 0.0348. The molecule has 8 rings (SSSR count). The zero-order chi connectivity index (χ0) is 38.3. The molecule has 1 aromatic heterocycles. The van der Waals surface area contributed by atoms with E-state index in [-0.39, 0.29) is 11.9 Å². The van der Waals surface area contributed by atoms with Gasteiger partial charge in [-0.1, -0.05) is 62.7 Å². The number of likely N-dealkylation sites (tertiary alicyclic amines) is 2. The first-order valence-electron chi connectivity index (χ1n) is 20.0. The third-order valence-corrected chi connectivity index (χ3v) is 12.0. The number of nitrogens with one attached hydrogen (secondary N) is 1. The molecule has 1 aliphatic carbocycles. The van der Waals surface area contributed by atoms with Crippen LogP contribution in [0.5, 0.6) is 0 Å². The molecule has 55 heavy (non-hydrogen) atoms. The number of benzene rings is 3. The number of halogens is 3. The Balaban J connectivity index is 1.25. The molecule has 0 atom stereocenters. The molecule has 0 unspecified atom stereocenters. The van der Waals surface area contributed by atoms with E-state index in [2.05, 4.69) is 29.0 Å². The van der Waals surface area contributed by atoms with Gasteiger partial charge in [0.2, 0.25) is 0 Å². The zero-order valence-electron chi connectivity index (χ0n) is 31.9. The number of urea groups is 1. The number of pyridine rings is 1. The number of anilines is 1. The van der Waals surface area contributed by atoms with E-state index in [9.17, 15) is 18.0 Å². The summed E-state index contributed by atoms with van der Waals surface area (Å²) in [7, 11) is 0. The van der Waals surface area contributed by atoms with Crippen LogP contribution in [-0.4, -0.2) is 83.5 Å². The first-order valence-corrected chi connectivity index (χ1v) is 20.0. The molecular formula is C44H51F3N6O2. The molecule has 1 N–H and O–H groups in total. The standard InChI is InChI=1S/C44H51F3N6O2/c1-30(2)28-52-24-25-53(42(52)55)35-14-15-38-36(27-35)39(41(54)49-43(18-19-43)32-11-5-3-6-12-32)37(40(48-38)31-10-9-13-33(26-31)44(45,46)47)29-50-22-16-34(17-23-50)51-20-7-4-8-21-51/h3,5-6,9-15,26-27,30,34H,4,7-8,16-25,28-29H2,1-2H3,(H,49,54). The number of aromatic nitrogens is 1.